The van der Waals surface area contributed by atoms with Crippen LogP contribution >= 0.6 is 12.0 Å². The van der Waals surface area contributed by atoms with Gasteiger partial charge in [0.05, 0.1) is 28.7 Å². The van der Waals surface area contributed by atoms with E-state index in [2.05, 4.69) is 29.7 Å². The van der Waals surface area contributed by atoms with Gasteiger partial charge in [-0.3, -0.25) is 0 Å². The molecule has 0 spiro atoms. The molecule has 168 valence electrons. The van der Waals surface area contributed by atoms with Crippen molar-refractivity contribution in [1.29, 1.82) is 0 Å². The molecule has 2 aromatic heterocycles. The first-order valence-corrected chi connectivity index (χ1v) is 9.46. The summed E-state index contributed by atoms with van der Waals surface area (Å²) in [4.78, 5) is 26.9. The number of hydrogen-bond acceptors (Lipinski definition) is 12. The number of nitrogens with zero attached hydrogens (tertiary/aromatic N) is 5. The van der Waals surface area contributed by atoms with Crippen molar-refractivity contribution >= 4 is 51.9 Å². The lowest BCUT2D eigenvalue weighted by Gasteiger charge is -2.05. The summed E-state index contributed by atoms with van der Waals surface area (Å²) >= 11 is 0.540. The molecule has 5 N–H and O–H groups in total. The van der Waals surface area contributed by atoms with Crippen LogP contribution in [-0.4, -0.2) is 52.2 Å². The van der Waals surface area contributed by atoms with Gasteiger partial charge in [0.2, 0.25) is 17.4 Å². The van der Waals surface area contributed by atoms with Gasteiger partial charge < -0.3 is 20.4 Å². The van der Waals surface area contributed by atoms with Gasteiger partial charge in [-0.2, -0.15) is 14.6 Å². The monoisotopic (exact) mass is 473 g/mol. The first-order chi connectivity index (χ1) is 15.8. The zero-order valence-corrected chi connectivity index (χ0v) is 16.8. The van der Waals surface area contributed by atoms with E-state index in [1.54, 1.807) is 0 Å². The average molecular weight is 473 g/mol. The Morgan fingerprint density at radius 3 is 2.52 bits per heavy atom. The minimum absolute atomic E-state index is 0.0340. The molecule has 0 aliphatic rings. The number of benzene rings is 2. The molecule has 0 aliphatic heterocycles. The molecule has 15 heteroatoms. The number of carbonyl (C=O) groups is 2. The van der Waals surface area contributed by atoms with Crippen molar-refractivity contribution in [1.82, 2.24) is 14.6 Å². The molecule has 0 atom stereocenters. The van der Waals surface area contributed by atoms with Crippen LogP contribution in [0.5, 0.6) is 11.8 Å². The smallest absolute Gasteiger partial charge is 0.338 e. The first-order valence-electron chi connectivity index (χ1n) is 8.71. The lowest BCUT2D eigenvalue weighted by molar-refractivity contribution is -0.432. The molecule has 0 bridgehead atoms. The molecule has 0 saturated carbocycles. The van der Waals surface area contributed by atoms with E-state index in [1.165, 1.54) is 36.4 Å². The zero-order chi connectivity index (χ0) is 23.7. The lowest BCUT2D eigenvalue weighted by Crippen LogP contribution is -1.97. The molecule has 0 radical (unpaired) electrons. The summed E-state index contributed by atoms with van der Waals surface area (Å²) in [5.41, 5.74) is -0.735. The van der Waals surface area contributed by atoms with E-state index in [1.807, 2.05) is 0 Å². The summed E-state index contributed by atoms with van der Waals surface area (Å²) in [5, 5.41) is 63.0. The van der Waals surface area contributed by atoms with E-state index in [4.69, 9.17) is 10.4 Å². The first kappa shape index (κ1) is 21.9. The Bertz CT molecular complexity index is 1450. The van der Waals surface area contributed by atoms with Gasteiger partial charge in [0.1, 0.15) is 5.69 Å². The normalized spacial score (nSPS) is 11.5. The number of rotatable bonds is 7. The summed E-state index contributed by atoms with van der Waals surface area (Å²) in [7, 11) is 0. The molecule has 33 heavy (non-hydrogen) atoms. The van der Waals surface area contributed by atoms with Crippen LogP contribution in [0.3, 0.4) is 0 Å². The number of fused-ring (bicyclic) bond motifs is 3. The van der Waals surface area contributed by atoms with Gasteiger partial charge in [-0.15, -0.1) is 14.6 Å². The van der Waals surface area contributed by atoms with Crippen LogP contribution in [-0.2, 0) is 9.37 Å². The van der Waals surface area contributed by atoms with Crippen molar-refractivity contribution in [2.75, 3.05) is 0 Å². The minimum atomic E-state index is -1.36. The number of aromatic nitrogens is 3. The maximum Gasteiger partial charge on any atom is 0.338 e. The summed E-state index contributed by atoms with van der Waals surface area (Å²) in [6.07, 6.45) is 0. The largest absolute Gasteiger partial charge is 0.491 e. The predicted octanol–water partition coefficient (Wildman–Crippen LogP) is 3.53. The number of carboxylic acids is 2. The molecule has 0 fully saturated rings. The van der Waals surface area contributed by atoms with E-state index in [-0.39, 0.29) is 32.9 Å². The van der Waals surface area contributed by atoms with Crippen LogP contribution < -0.4 is 0 Å². The molecule has 4 aromatic rings. The molecule has 14 nitrogen and oxygen atoms in total. The van der Waals surface area contributed by atoms with E-state index < -0.39 is 29.4 Å². The Labute approximate surface area is 186 Å². The van der Waals surface area contributed by atoms with Gasteiger partial charge in [-0.1, -0.05) is 5.04 Å². The highest BCUT2D eigenvalue weighted by Crippen LogP contribution is 2.38. The van der Waals surface area contributed by atoms with Gasteiger partial charge in [-0.25, -0.2) is 14.8 Å². The molecule has 2 heterocycles. The van der Waals surface area contributed by atoms with Gasteiger partial charge in [0.15, 0.2) is 5.65 Å². The molecule has 0 unspecified atom stereocenters. The highest BCUT2D eigenvalue weighted by molar-refractivity contribution is 7.94. The zero-order valence-electron chi connectivity index (χ0n) is 16.0. The summed E-state index contributed by atoms with van der Waals surface area (Å²) < 4.78 is 5.19. The predicted molar refractivity (Wildman–Crippen MR) is 109 cm³/mol. The number of hydrogen-bond donors (Lipinski definition) is 5. The van der Waals surface area contributed by atoms with E-state index in [0.717, 1.165) is 4.52 Å². The highest BCUT2D eigenvalue weighted by Gasteiger charge is 2.20. The SMILES string of the molecule is O=C(O)c1ccc2c(c1)nn1c(O)c(/N=N/c3ccc(SOOO)cc3C(=O)O)c(O)nc21. The van der Waals surface area contributed by atoms with Crippen LogP contribution in [0.25, 0.3) is 16.6 Å². The van der Waals surface area contributed by atoms with Crippen LogP contribution in [0.2, 0.25) is 0 Å². The van der Waals surface area contributed by atoms with Crippen LogP contribution in [0, 0.1) is 0 Å². The fraction of sp³-hybridized carbons (Fsp3) is 0. The van der Waals surface area contributed by atoms with E-state index in [9.17, 15) is 24.9 Å². The van der Waals surface area contributed by atoms with Gasteiger partial charge in [-0.05, 0) is 36.4 Å². The lowest BCUT2D eigenvalue weighted by atomic mass is 10.1. The molecule has 2 aromatic carbocycles. The molecular formula is C18H11N5O9S. The Morgan fingerprint density at radius 1 is 1.03 bits per heavy atom. The average Bonchev–Trinajstić information content (AvgIpc) is 3.15. The molecule has 0 amide bonds. The number of azo groups is 1. The molecule has 4 rings (SSSR count). The third-order valence-electron chi connectivity index (χ3n) is 4.35. The topological polar surface area (TPSA) is 209 Å². The minimum Gasteiger partial charge on any atom is -0.491 e. The molecular weight excluding hydrogens is 462 g/mol. The summed E-state index contributed by atoms with van der Waals surface area (Å²) in [6.45, 7) is 0. The summed E-state index contributed by atoms with van der Waals surface area (Å²) in [6, 6.07) is 7.86. The number of carboxylic acid groups (broad SMARTS) is 2. The number of aromatic carboxylic acids is 2. The van der Waals surface area contributed by atoms with E-state index in [0.29, 0.717) is 17.4 Å². The highest BCUT2D eigenvalue weighted by atomic mass is 32.2. The van der Waals surface area contributed by atoms with Crippen molar-refractivity contribution in [3.63, 3.8) is 0 Å². The third kappa shape index (κ3) is 4.11. The van der Waals surface area contributed by atoms with Crippen molar-refractivity contribution in [2.24, 2.45) is 10.2 Å². The van der Waals surface area contributed by atoms with Crippen LogP contribution in [0.1, 0.15) is 20.7 Å². The Kier molecular flexibility index (Phi) is 5.76. The summed E-state index contributed by atoms with van der Waals surface area (Å²) in [5.74, 6) is -3.90. The van der Waals surface area contributed by atoms with Gasteiger partial charge in [0.25, 0.3) is 0 Å². The second-order valence-electron chi connectivity index (χ2n) is 6.29. The Morgan fingerprint density at radius 2 is 1.82 bits per heavy atom. The Hall–Kier alpha value is -4.31. The van der Waals surface area contributed by atoms with Crippen LogP contribution in [0.15, 0.2) is 51.5 Å². The fourth-order valence-electron chi connectivity index (χ4n) is 2.89. The maximum atomic E-state index is 11.5. The van der Waals surface area contributed by atoms with Gasteiger partial charge >= 0.3 is 11.9 Å². The third-order valence-corrected chi connectivity index (χ3v) is 4.92. The van der Waals surface area contributed by atoms with Crippen molar-refractivity contribution in [3.8, 4) is 11.8 Å². The fourth-order valence-corrected chi connectivity index (χ4v) is 3.29. The van der Waals surface area contributed by atoms with Crippen molar-refractivity contribution in [2.45, 2.75) is 4.90 Å². The number of aromatic hydroxyl groups is 2. The van der Waals surface area contributed by atoms with Crippen molar-refractivity contribution < 1.29 is 44.6 Å². The van der Waals surface area contributed by atoms with E-state index >= 15 is 0 Å². The second-order valence-corrected chi connectivity index (χ2v) is 7.06. The molecule has 0 aliphatic carbocycles. The standard InChI is InChI=1S/C18H11N5O9S/c24-15-13(21-20-11-4-2-8(33-32-31-30)6-10(11)18(28)29)16(25)23-14(19-15)9-3-1-7(17(26)27)5-12(9)22-23/h1-6,25,30H,(H,19,24)(H,26,27)(H,28,29)/b21-20+. The van der Waals surface area contributed by atoms with Crippen LogP contribution in [0.4, 0.5) is 11.4 Å². The molecule has 0 saturated heterocycles. The quantitative estimate of drug-likeness (QED) is 0.113. The van der Waals surface area contributed by atoms with Crippen molar-refractivity contribution in [3.05, 3.63) is 47.5 Å². The Balaban J connectivity index is 1.78. The van der Waals surface area contributed by atoms with Gasteiger partial charge in [0, 0.05) is 10.3 Å². The second kappa shape index (κ2) is 8.67. The maximum absolute atomic E-state index is 11.5.